The summed E-state index contributed by atoms with van der Waals surface area (Å²) in [6.45, 7) is 0.705. The van der Waals surface area contributed by atoms with Gasteiger partial charge in [0.25, 0.3) is 5.91 Å². The Hall–Kier alpha value is -2.03. The molecule has 0 spiro atoms. The zero-order chi connectivity index (χ0) is 20.5. The van der Waals surface area contributed by atoms with Crippen LogP contribution >= 0.6 is 11.6 Å². The number of hydrogen-bond acceptors (Lipinski definition) is 5. The summed E-state index contributed by atoms with van der Waals surface area (Å²) in [5, 5.41) is 13.4. The molecule has 2 heterocycles. The molecule has 9 heteroatoms. The van der Waals surface area contributed by atoms with Gasteiger partial charge in [0.2, 0.25) is 0 Å². The largest absolute Gasteiger partial charge is 0.433 e. The number of fused-ring (bicyclic) bond motifs is 1. The van der Waals surface area contributed by atoms with Gasteiger partial charge in [-0.25, -0.2) is 0 Å². The fourth-order valence-corrected chi connectivity index (χ4v) is 3.35. The van der Waals surface area contributed by atoms with Crippen molar-refractivity contribution in [2.45, 2.75) is 51.0 Å². The van der Waals surface area contributed by atoms with Gasteiger partial charge in [0.1, 0.15) is 5.75 Å². The molecule has 152 valence electrons. The quantitative estimate of drug-likeness (QED) is 0.782. The van der Waals surface area contributed by atoms with Gasteiger partial charge in [0.05, 0.1) is 40.5 Å². The molecule has 3 rings (SSSR count). The van der Waals surface area contributed by atoms with Crippen LogP contribution in [0.5, 0.6) is 5.75 Å². The summed E-state index contributed by atoms with van der Waals surface area (Å²) in [6.07, 6.45) is 2.41. The van der Waals surface area contributed by atoms with E-state index in [-0.39, 0.29) is 28.8 Å². The van der Waals surface area contributed by atoms with Crippen LogP contribution in [0, 0.1) is 0 Å². The first-order chi connectivity index (χ1) is 13.1. The molecule has 1 aromatic carbocycles. The number of carbonyl (C=O) groups is 1. The molecule has 0 radical (unpaired) electrons. The molecule has 1 aromatic heterocycles. The lowest BCUT2D eigenvalue weighted by Gasteiger charge is -2.36. The molecule has 6 nitrogen and oxygen atoms in total. The van der Waals surface area contributed by atoms with Gasteiger partial charge >= 0.3 is 6.61 Å². The Morgan fingerprint density at radius 2 is 2.14 bits per heavy atom. The maximum atomic E-state index is 12.5. The standard InChI is InChI=1S/C19H21ClF2N2O4/c1-19(2,26)16-4-3-12(9-27-16)24-17(25)11-5-10-6-13(20)15(28-18(21)22)7-14(10)23-8-11/h5-8,12,16,18,26H,3-4,9H2,1-2H3,(H,24,25)/t12?,16-/m0/s1. The number of nitrogens with one attached hydrogen (secondary N) is 1. The Morgan fingerprint density at radius 1 is 1.39 bits per heavy atom. The van der Waals surface area contributed by atoms with Crippen molar-refractivity contribution in [1.29, 1.82) is 0 Å². The first-order valence-electron chi connectivity index (χ1n) is 8.82. The molecular formula is C19H21ClF2N2O4. The van der Waals surface area contributed by atoms with Crippen LogP contribution in [0.1, 0.15) is 37.0 Å². The number of alkyl halides is 2. The third-order valence-corrected chi connectivity index (χ3v) is 4.91. The molecule has 2 N–H and O–H groups in total. The van der Waals surface area contributed by atoms with Crippen molar-refractivity contribution in [3.05, 3.63) is 35.0 Å². The molecule has 28 heavy (non-hydrogen) atoms. The van der Waals surface area contributed by atoms with E-state index in [0.717, 1.165) is 0 Å². The third-order valence-electron chi connectivity index (χ3n) is 4.61. The fraction of sp³-hybridized carbons (Fsp3) is 0.474. The van der Waals surface area contributed by atoms with E-state index in [1.165, 1.54) is 18.3 Å². The SMILES string of the molecule is CC(C)(O)[C@@H]1CCC(NC(=O)c2cnc3cc(OC(F)F)c(Cl)cc3c2)CO1. The van der Waals surface area contributed by atoms with Crippen LogP contribution in [0.3, 0.4) is 0 Å². The smallest absolute Gasteiger partial charge is 0.387 e. The number of rotatable bonds is 5. The summed E-state index contributed by atoms with van der Waals surface area (Å²) in [5.41, 5.74) is -0.232. The van der Waals surface area contributed by atoms with Crippen LogP contribution in [-0.2, 0) is 4.74 Å². The van der Waals surface area contributed by atoms with Gasteiger partial charge in [-0.1, -0.05) is 11.6 Å². The minimum Gasteiger partial charge on any atom is -0.433 e. The number of aromatic nitrogens is 1. The molecule has 1 saturated heterocycles. The number of carbonyl (C=O) groups excluding carboxylic acids is 1. The Kier molecular flexibility index (Phi) is 6.02. The van der Waals surface area contributed by atoms with E-state index < -0.39 is 12.2 Å². The van der Waals surface area contributed by atoms with Crippen molar-refractivity contribution in [2.24, 2.45) is 0 Å². The van der Waals surface area contributed by atoms with Crippen molar-refractivity contribution in [2.75, 3.05) is 6.61 Å². The number of aliphatic hydroxyl groups is 1. The summed E-state index contributed by atoms with van der Waals surface area (Å²) in [6, 6.07) is 4.14. The van der Waals surface area contributed by atoms with Gasteiger partial charge in [0.15, 0.2) is 0 Å². The van der Waals surface area contributed by atoms with E-state index in [9.17, 15) is 18.7 Å². The Balaban J connectivity index is 1.69. The molecule has 2 aromatic rings. The molecule has 1 unspecified atom stereocenters. The Bertz CT molecular complexity index is 865. The summed E-state index contributed by atoms with van der Waals surface area (Å²) in [4.78, 5) is 16.7. The molecule has 1 fully saturated rings. The molecule has 1 amide bonds. The second-order valence-electron chi connectivity index (χ2n) is 7.30. The van der Waals surface area contributed by atoms with Gasteiger partial charge in [-0.3, -0.25) is 9.78 Å². The number of halogens is 3. The molecule has 1 aliphatic heterocycles. The lowest BCUT2D eigenvalue weighted by atomic mass is 9.93. The molecule has 0 bridgehead atoms. The highest BCUT2D eigenvalue weighted by molar-refractivity contribution is 6.32. The molecule has 0 saturated carbocycles. The summed E-state index contributed by atoms with van der Waals surface area (Å²) < 4.78 is 34.8. The predicted molar refractivity (Wildman–Crippen MR) is 99.9 cm³/mol. The van der Waals surface area contributed by atoms with Crippen molar-refractivity contribution in [3.8, 4) is 5.75 Å². The summed E-state index contributed by atoms with van der Waals surface area (Å²) in [5.74, 6) is -0.497. The molecule has 0 aliphatic carbocycles. The van der Waals surface area contributed by atoms with Crippen molar-refractivity contribution in [3.63, 3.8) is 0 Å². The lowest BCUT2D eigenvalue weighted by Crippen LogP contribution is -2.48. The first-order valence-corrected chi connectivity index (χ1v) is 9.20. The lowest BCUT2D eigenvalue weighted by molar-refractivity contribution is -0.114. The molecule has 2 atom stereocenters. The summed E-state index contributed by atoms with van der Waals surface area (Å²) >= 11 is 5.96. The number of hydrogen-bond donors (Lipinski definition) is 2. The van der Waals surface area contributed by atoms with Gasteiger partial charge < -0.3 is 19.9 Å². The Labute approximate surface area is 165 Å². The van der Waals surface area contributed by atoms with Crippen molar-refractivity contribution < 1.29 is 28.2 Å². The van der Waals surface area contributed by atoms with Gasteiger partial charge in [0, 0.05) is 17.6 Å². The predicted octanol–water partition coefficient (Wildman–Crippen LogP) is 3.54. The van der Waals surface area contributed by atoms with Crippen molar-refractivity contribution >= 4 is 28.4 Å². The fourth-order valence-electron chi connectivity index (χ4n) is 3.13. The van der Waals surface area contributed by atoms with Crippen LogP contribution in [0.2, 0.25) is 5.02 Å². The third kappa shape index (κ3) is 4.87. The van der Waals surface area contributed by atoms with E-state index in [2.05, 4.69) is 15.0 Å². The highest BCUT2D eigenvalue weighted by Gasteiger charge is 2.32. The monoisotopic (exact) mass is 414 g/mol. The van der Waals surface area contributed by atoms with Crippen LogP contribution in [0.4, 0.5) is 8.78 Å². The van der Waals surface area contributed by atoms with E-state index in [1.54, 1.807) is 19.9 Å². The highest BCUT2D eigenvalue weighted by atomic mass is 35.5. The number of pyridine rings is 1. The summed E-state index contributed by atoms with van der Waals surface area (Å²) in [7, 11) is 0. The maximum Gasteiger partial charge on any atom is 0.387 e. The highest BCUT2D eigenvalue weighted by Crippen LogP contribution is 2.31. The Morgan fingerprint density at radius 3 is 2.75 bits per heavy atom. The van der Waals surface area contributed by atoms with E-state index in [1.807, 2.05) is 0 Å². The zero-order valence-corrected chi connectivity index (χ0v) is 16.2. The van der Waals surface area contributed by atoms with E-state index >= 15 is 0 Å². The average Bonchev–Trinajstić information content (AvgIpc) is 2.61. The normalized spacial score (nSPS) is 20.4. The number of amides is 1. The minimum absolute atomic E-state index is 0.00509. The van der Waals surface area contributed by atoms with Gasteiger partial charge in [-0.15, -0.1) is 0 Å². The van der Waals surface area contributed by atoms with Crippen LogP contribution in [0.25, 0.3) is 10.9 Å². The van der Waals surface area contributed by atoms with Crippen LogP contribution in [0.15, 0.2) is 24.4 Å². The van der Waals surface area contributed by atoms with E-state index in [0.29, 0.717) is 35.9 Å². The average molecular weight is 415 g/mol. The number of ether oxygens (including phenoxy) is 2. The molecule has 1 aliphatic rings. The number of benzene rings is 1. The topological polar surface area (TPSA) is 80.7 Å². The van der Waals surface area contributed by atoms with E-state index in [4.69, 9.17) is 16.3 Å². The second-order valence-corrected chi connectivity index (χ2v) is 7.71. The van der Waals surface area contributed by atoms with Gasteiger partial charge in [-0.2, -0.15) is 8.78 Å². The van der Waals surface area contributed by atoms with Gasteiger partial charge in [-0.05, 0) is 38.8 Å². The van der Waals surface area contributed by atoms with Crippen LogP contribution in [-0.4, -0.2) is 47.0 Å². The van der Waals surface area contributed by atoms with Crippen molar-refractivity contribution in [1.82, 2.24) is 10.3 Å². The maximum absolute atomic E-state index is 12.5. The van der Waals surface area contributed by atoms with Crippen LogP contribution < -0.4 is 10.1 Å². The minimum atomic E-state index is -2.99. The zero-order valence-electron chi connectivity index (χ0n) is 15.4. The molecular weight excluding hydrogens is 394 g/mol. The number of nitrogens with zero attached hydrogens (tertiary/aromatic N) is 1. The first kappa shape index (κ1) is 20.7. The second kappa shape index (κ2) is 8.14.